The molecule has 1 aliphatic heterocycles. The molecule has 3 atom stereocenters. The third-order valence-electron chi connectivity index (χ3n) is 1.10. The number of rotatable bonds is 0. The van der Waals surface area contributed by atoms with Crippen molar-refractivity contribution < 1.29 is 9.78 Å². The molecule has 0 aliphatic carbocycles. The monoisotopic (exact) mass is 258 g/mol. The molecule has 3 unspecified atom stereocenters. The van der Waals surface area contributed by atoms with Crippen LogP contribution in [-0.4, -0.2) is 20.8 Å². The van der Waals surface area contributed by atoms with Crippen LogP contribution >= 0.6 is 58.0 Å². The predicted molar refractivity (Wildman–Crippen MR) is 45.5 cm³/mol. The zero-order valence-electron chi connectivity index (χ0n) is 4.94. The first-order valence-electron chi connectivity index (χ1n) is 2.59. The third-order valence-corrected chi connectivity index (χ3v) is 3.58. The molecule has 1 aliphatic rings. The Kier molecular flexibility index (Phi) is 3.44. The lowest BCUT2D eigenvalue weighted by Crippen LogP contribution is -2.47. The summed E-state index contributed by atoms with van der Waals surface area (Å²) < 4.78 is -1.64. The van der Waals surface area contributed by atoms with Crippen LogP contribution in [0, 0.1) is 0 Å². The van der Waals surface area contributed by atoms with Crippen molar-refractivity contribution in [3.63, 3.8) is 0 Å². The Morgan fingerprint density at radius 1 is 1.09 bits per heavy atom. The molecule has 1 rings (SSSR count). The van der Waals surface area contributed by atoms with E-state index in [2.05, 4.69) is 9.78 Å². The molecule has 1 saturated heterocycles. The van der Waals surface area contributed by atoms with Crippen LogP contribution in [0.4, 0.5) is 0 Å². The van der Waals surface area contributed by atoms with E-state index in [4.69, 9.17) is 58.0 Å². The average molecular weight is 260 g/mol. The molecule has 0 spiro atoms. The Bertz CT molecular complexity index is 151. The van der Waals surface area contributed by atoms with E-state index in [1.165, 1.54) is 0 Å². The summed E-state index contributed by atoms with van der Waals surface area (Å²) in [5.41, 5.74) is -0.843. The van der Waals surface area contributed by atoms with Gasteiger partial charge in [-0.1, -0.05) is 34.8 Å². The van der Waals surface area contributed by atoms with Crippen molar-refractivity contribution in [1.82, 2.24) is 0 Å². The summed E-state index contributed by atoms with van der Waals surface area (Å²) in [6.07, 6.45) is 0. The maximum absolute atomic E-state index is 5.67. The highest BCUT2D eigenvalue weighted by atomic mass is 35.5. The standard InChI is InChI=1S/C4H3Cl5O2/c5-1-2(6)4(8,9)11-10-3(1)7/h1-3H. The van der Waals surface area contributed by atoms with Crippen LogP contribution < -0.4 is 0 Å². The Morgan fingerprint density at radius 3 is 2.09 bits per heavy atom. The minimum atomic E-state index is -1.64. The van der Waals surface area contributed by atoms with Gasteiger partial charge in [0, 0.05) is 0 Å². The van der Waals surface area contributed by atoms with Crippen molar-refractivity contribution in [3.05, 3.63) is 0 Å². The summed E-state index contributed by atoms with van der Waals surface area (Å²) in [5.74, 6) is 0. The fourth-order valence-electron chi connectivity index (χ4n) is 0.527. The minimum Gasteiger partial charge on any atom is -0.212 e. The molecule has 0 N–H and O–H groups in total. The third kappa shape index (κ3) is 2.19. The lowest BCUT2D eigenvalue weighted by molar-refractivity contribution is -0.347. The number of hydrogen-bond acceptors (Lipinski definition) is 2. The first kappa shape index (κ1) is 10.5. The lowest BCUT2D eigenvalue weighted by Gasteiger charge is -2.34. The SMILES string of the molecule is ClC1OOC(Cl)(Cl)C(Cl)C1Cl. The Labute approximate surface area is 88.5 Å². The maximum atomic E-state index is 5.67. The molecular formula is C4H3Cl5O2. The van der Waals surface area contributed by atoms with E-state index >= 15 is 0 Å². The fraction of sp³-hybridized carbons (Fsp3) is 1.00. The molecule has 1 fully saturated rings. The Balaban J connectivity index is 2.67. The molecule has 0 aromatic carbocycles. The molecule has 11 heavy (non-hydrogen) atoms. The summed E-state index contributed by atoms with van der Waals surface area (Å²) in [7, 11) is 0. The minimum absolute atomic E-state index is 0.693. The van der Waals surface area contributed by atoms with Gasteiger partial charge in [0.1, 0.15) is 5.38 Å². The first-order chi connectivity index (χ1) is 4.95. The zero-order chi connectivity index (χ0) is 8.65. The van der Waals surface area contributed by atoms with Crippen LogP contribution in [-0.2, 0) is 9.78 Å². The van der Waals surface area contributed by atoms with E-state index < -0.39 is 20.8 Å². The van der Waals surface area contributed by atoms with Gasteiger partial charge in [0.05, 0.1) is 5.38 Å². The molecule has 1 heterocycles. The molecule has 0 amide bonds. The normalized spacial score (nSPS) is 43.9. The summed E-state index contributed by atoms with van der Waals surface area (Å²) in [6, 6.07) is 0. The zero-order valence-corrected chi connectivity index (χ0v) is 8.72. The second-order valence-electron chi connectivity index (χ2n) is 1.94. The van der Waals surface area contributed by atoms with E-state index in [0.717, 1.165) is 0 Å². The fourth-order valence-corrected chi connectivity index (χ4v) is 1.64. The smallest absolute Gasteiger partial charge is 0.212 e. The quantitative estimate of drug-likeness (QED) is 0.492. The molecule has 0 radical (unpaired) electrons. The van der Waals surface area contributed by atoms with Crippen molar-refractivity contribution in [1.29, 1.82) is 0 Å². The summed E-state index contributed by atoms with van der Waals surface area (Å²) in [4.78, 5) is 8.90. The predicted octanol–water partition coefficient (Wildman–Crippen LogP) is 2.86. The van der Waals surface area contributed by atoms with Crippen molar-refractivity contribution in [2.75, 3.05) is 0 Å². The summed E-state index contributed by atoms with van der Waals surface area (Å²) in [6.45, 7) is 0. The molecule has 7 heteroatoms. The topological polar surface area (TPSA) is 18.5 Å². The van der Waals surface area contributed by atoms with Crippen molar-refractivity contribution in [3.8, 4) is 0 Å². The Morgan fingerprint density at radius 2 is 1.64 bits per heavy atom. The van der Waals surface area contributed by atoms with Crippen LogP contribution in [0.25, 0.3) is 0 Å². The molecule has 0 saturated carbocycles. The van der Waals surface area contributed by atoms with E-state index in [0.29, 0.717) is 0 Å². The Hall–Kier alpha value is 1.37. The van der Waals surface area contributed by atoms with Crippen LogP contribution in [0.15, 0.2) is 0 Å². The molecule has 2 nitrogen and oxygen atoms in total. The molecular weight excluding hydrogens is 257 g/mol. The first-order valence-corrected chi connectivity index (χ1v) is 4.66. The number of hydrogen-bond donors (Lipinski definition) is 0. The van der Waals surface area contributed by atoms with Gasteiger partial charge in [-0.05, 0) is 0 Å². The van der Waals surface area contributed by atoms with Gasteiger partial charge in [-0.25, -0.2) is 4.89 Å². The lowest BCUT2D eigenvalue weighted by atomic mass is 10.3. The van der Waals surface area contributed by atoms with Crippen LogP contribution in [0.3, 0.4) is 0 Å². The highest BCUT2D eigenvalue weighted by Crippen LogP contribution is 2.41. The largest absolute Gasteiger partial charge is 0.267 e. The van der Waals surface area contributed by atoms with Gasteiger partial charge in [-0.2, -0.15) is 4.89 Å². The van der Waals surface area contributed by atoms with Crippen LogP contribution in [0.2, 0.25) is 0 Å². The second kappa shape index (κ2) is 3.62. The van der Waals surface area contributed by atoms with Gasteiger partial charge in [0.2, 0.25) is 0 Å². The van der Waals surface area contributed by atoms with Gasteiger partial charge in [0.25, 0.3) is 4.52 Å². The average Bonchev–Trinajstić information content (AvgIpc) is 1.95. The molecule has 0 bridgehead atoms. The molecule has 0 aromatic heterocycles. The molecule has 66 valence electrons. The van der Waals surface area contributed by atoms with Gasteiger partial charge in [-0.15, -0.1) is 23.2 Å². The number of alkyl halides is 5. The number of halogens is 5. The van der Waals surface area contributed by atoms with E-state index in [-0.39, 0.29) is 0 Å². The maximum Gasteiger partial charge on any atom is 0.267 e. The van der Waals surface area contributed by atoms with E-state index in [1.807, 2.05) is 0 Å². The van der Waals surface area contributed by atoms with E-state index in [9.17, 15) is 0 Å². The van der Waals surface area contributed by atoms with Crippen LogP contribution in [0.1, 0.15) is 0 Å². The highest BCUT2D eigenvalue weighted by Gasteiger charge is 2.48. The van der Waals surface area contributed by atoms with Gasteiger partial charge < -0.3 is 0 Å². The summed E-state index contributed by atoms with van der Waals surface area (Å²) >= 11 is 27.9. The van der Waals surface area contributed by atoms with E-state index in [1.54, 1.807) is 0 Å². The van der Waals surface area contributed by atoms with Crippen molar-refractivity contribution in [2.45, 2.75) is 20.8 Å². The van der Waals surface area contributed by atoms with Crippen molar-refractivity contribution >= 4 is 58.0 Å². The molecule has 0 aromatic rings. The van der Waals surface area contributed by atoms with Crippen LogP contribution in [0.5, 0.6) is 0 Å². The highest BCUT2D eigenvalue weighted by molar-refractivity contribution is 6.52. The van der Waals surface area contributed by atoms with Gasteiger partial charge in [0.15, 0.2) is 5.56 Å². The van der Waals surface area contributed by atoms with Gasteiger partial charge in [-0.3, -0.25) is 0 Å². The van der Waals surface area contributed by atoms with Crippen molar-refractivity contribution in [2.24, 2.45) is 0 Å². The second-order valence-corrected chi connectivity index (χ2v) is 4.66. The summed E-state index contributed by atoms with van der Waals surface area (Å²) in [5, 5.41) is -1.51. The van der Waals surface area contributed by atoms with Gasteiger partial charge >= 0.3 is 0 Å².